The van der Waals surface area contributed by atoms with E-state index in [1.807, 2.05) is 0 Å². The smallest absolute Gasteiger partial charge is 0.291 e. The fourth-order valence-electron chi connectivity index (χ4n) is 3.32. The van der Waals surface area contributed by atoms with Crippen molar-refractivity contribution in [2.75, 3.05) is 0 Å². The molecule has 0 aliphatic heterocycles. The first-order chi connectivity index (χ1) is 14.6. The van der Waals surface area contributed by atoms with Gasteiger partial charge in [-0.05, 0) is 43.7 Å². The zero-order valence-electron chi connectivity index (χ0n) is 16.2. The van der Waals surface area contributed by atoms with Crippen molar-refractivity contribution in [3.63, 3.8) is 0 Å². The molecule has 0 radical (unpaired) electrons. The largest absolute Gasteiger partial charge is 0.435 e. The first-order valence-electron chi connectivity index (χ1n) is 9.11. The average Bonchev–Trinajstić information content (AvgIpc) is 3.14. The Morgan fingerprint density at radius 3 is 2.55 bits per heavy atom. The lowest BCUT2D eigenvalue weighted by molar-refractivity contribution is -0.141. The van der Waals surface area contributed by atoms with Crippen molar-refractivity contribution < 1.29 is 13.2 Å². The Balaban J connectivity index is 2.12. The predicted octanol–water partition coefficient (Wildman–Crippen LogP) is 5.30. The van der Waals surface area contributed by atoms with Crippen LogP contribution < -0.4 is 5.56 Å². The van der Waals surface area contributed by atoms with Crippen LogP contribution in [0.4, 0.5) is 13.2 Å². The van der Waals surface area contributed by atoms with Gasteiger partial charge in [-0.15, -0.1) is 0 Å². The molecular formula is C20H14Cl2F3N5O. The average molecular weight is 468 g/mol. The maximum Gasteiger partial charge on any atom is 0.435 e. The molecule has 0 saturated heterocycles. The lowest BCUT2D eigenvalue weighted by Crippen LogP contribution is -2.24. The Hall–Kier alpha value is -2.91. The monoisotopic (exact) mass is 467 g/mol. The molecule has 0 bridgehead atoms. The van der Waals surface area contributed by atoms with Crippen LogP contribution in [0.2, 0.25) is 10.0 Å². The van der Waals surface area contributed by atoms with E-state index in [2.05, 4.69) is 15.1 Å². The Kier molecular flexibility index (Phi) is 5.26. The molecule has 4 rings (SSSR count). The summed E-state index contributed by atoms with van der Waals surface area (Å²) < 4.78 is 42.7. The third-order valence-electron chi connectivity index (χ3n) is 4.70. The van der Waals surface area contributed by atoms with Crippen molar-refractivity contribution in [2.45, 2.75) is 26.6 Å². The summed E-state index contributed by atoms with van der Waals surface area (Å²) in [4.78, 5) is 21.7. The van der Waals surface area contributed by atoms with Crippen molar-refractivity contribution in [3.05, 3.63) is 68.2 Å². The number of aromatic nitrogens is 5. The van der Waals surface area contributed by atoms with Gasteiger partial charge in [0.25, 0.3) is 5.56 Å². The number of pyridine rings is 1. The van der Waals surface area contributed by atoms with Gasteiger partial charge < -0.3 is 0 Å². The van der Waals surface area contributed by atoms with Gasteiger partial charge in [-0.3, -0.25) is 9.36 Å². The molecule has 11 heteroatoms. The fraction of sp³-hybridized carbons (Fsp3) is 0.200. The molecule has 3 heterocycles. The maximum absolute atomic E-state index is 13.5. The van der Waals surface area contributed by atoms with E-state index < -0.39 is 17.4 Å². The summed E-state index contributed by atoms with van der Waals surface area (Å²) in [6, 6.07) is 6.97. The molecule has 0 spiro atoms. The molecule has 31 heavy (non-hydrogen) atoms. The van der Waals surface area contributed by atoms with Crippen molar-refractivity contribution in [3.8, 4) is 17.3 Å². The van der Waals surface area contributed by atoms with Crippen molar-refractivity contribution in [1.82, 2.24) is 24.3 Å². The molecule has 0 aliphatic rings. The molecule has 1 aromatic carbocycles. The Labute approximate surface area is 183 Å². The van der Waals surface area contributed by atoms with E-state index >= 15 is 0 Å². The van der Waals surface area contributed by atoms with Gasteiger partial charge >= 0.3 is 6.18 Å². The van der Waals surface area contributed by atoms with Gasteiger partial charge in [0.2, 0.25) is 0 Å². The van der Waals surface area contributed by atoms with E-state index in [1.54, 1.807) is 26.0 Å². The summed E-state index contributed by atoms with van der Waals surface area (Å²) in [6.45, 7) is 3.56. The number of hydrogen-bond donors (Lipinski definition) is 0. The van der Waals surface area contributed by atoms with E-state index in [4.69, 9.17) is 23.2 Å². The molecular weight excluding hydrogens is 454 g/mol. The van der Waals surface area contributed by atoms with Crippen LogP contribution in [0.3, 0.4) is 0 Å². The molecule has 0 atom stereocenters. The highest BCUT2D eigenvalue weighted by Crippen LogP contribution is 2.34. The highest BCUT2D eigenvalue weighted by molar-refractivity contribution is 6.32. The van der Waals surface area contributed by atoms with Crippen LogP contribution in [0.1, 0.15) is 18.2 Å². The molecule has 3 aromatic heterocycles. The first kappa shape index (κ1) is 21.3. The van der Waals surface area contributed by atoms with Crippen LogP contribution in [-0.4, -0.2) is 24.3 Å². The van der Waals surface area contributed by atoms with E-state index in [0.29, 0.717) is 16.1 Å². The number of hydrogen-bond acceptors (Lipinski definition) is 4. The lowest BCUT2D eigenvalue weighted by Gasteiger charge is -2.14. The normalized spacial score (nSPS) is 12.0. The number of fused-ring (bicyclic) bond motifs is 1. The van der Waals surface area contributed by atoms with E-state index in [0.717, 1.165) is 10.7 Å². The third-order valence-corrected chi connectivity index (χ3v) is 5.21. The quantitative estimate of drug-likeness (QED) is 0.410. The summed E-state index contributed by atoms with van der Waals surface area (Å²) in [5.41, 5.74) is -0.705. The van der Waals surface area contributed by atoms with Crippen LogP contribution in [0, 0.1) is 6.92 Å². The Morgan fingerprint density at radius 1 is 1.16 bits per heavy atom. The van der Waals surface area contributed by atoms with Gasteiger partial charge in [-0.25, -0.2) is 14.6 Å². The minimum absolute atomic E-state index is 0.00939. The van der Waals surface area contributed by atoms with Crippen molar-refractivity contribution in [2.24, 2.45) is 0 Å². The molecule has 160 valence electrons. The molecule has 0 fully saturated rings. The minimum Gasteiger partial charge on any atom is -0.291 e. The Bertz CT molecular complexity index is 1380. The van der Waals surface area contributed by atoms with Crippen molar-refractivity contribution in [1.29, 1.82) is 0 Å². The van der Waals surface area contributed by atoms with E-state index in [9.17, 15) is 18.0 Å². The highest BCUT2D eigenvalue weighted by Gasteiger charge is 2.36. The van der Waals surface area contributed by atoms with Crippen LogP contribution in [-0.2, 0) is 12.7 Å². The Morgan fingerprint density at radius 2 is 1.90 bits per heavy atom. The first-order valence-corrected chi connectivity index (χ1v) is 9.86. The number of halogens is 5. The third kappa shape index (κ3) is 3.68. The van der Waals surface area contributed by atoms with E-state index in [-0.39, 0.29) is 34.3 Å². The van der Waals surface area contributed by atoms with Gasteiger partial charge in [0.05, 0.1) is 15.9 Å². The summed E-state index contributed by atoms with van der Waals surface area (Å²) in [6.07, 6.45) is -3.34. The van der Waals surface area contributed by atoms with Gasteiger partial charge in [-0.1, -0.05) is 23.2 Å². The summed E-state index contributed by atoms with van der Waals surface area (Å²) in [7, 11) is 0. The van der Waals surface area contributed by atoms with Crippen LogP contribution in [0.5, 0.6) is 0 Å². The summed E-state index contributed by atoms with van der Waals surface area (Å²) >= 11 is 12.3. The van der Waals surface area contributed by atoms with Gasteiger partial charge in [0, 0.05) is 23.8 Å². The predicted molar refractivity (Wildman–Crippen MR) is 112 cm³/mol. The number of benzene rings is 1. The molecule has 4 aromatic rings. The second-order valence-corrected chi connectivity index (χ2v) is 7.58. The van der Waals surface area contributed by atoms with Crippen LogP contribution in [0.15, 0.2) is 41.3 Å². The molecule has 0 saturated carbocycles. The van der Waals surface area contributed by atoms with Crippen molar-refractivity contribution >= 4 is 34.1 Å². The molecule has 0 amide bonds. The number of rotatable bonds is 3. The number of alkyl halides is 3. The highest BCUT2D eigenvalue weighted by atomic mass is 35.5. The van der Waals surface area contributed by atoms with Gasteiger partial charge in [0.1, 0.15) is 5.69 Å². The summed E-state index contributed by atoms with van der Waals surface area (Å²) in [5, 5.41) is 4.41. The second kappa shape index (κ2) is 7.65. The zero-order chi connectivity index (χ0) is 22.5. The lowest BCUT2D eigenvalue weighted by atomic mass is 10.1. The molecule has 0 N–H and O–H groups in total. The van der Waals surface area contributed by atoms with Gasteiger partial charge in [-0.2, -0.15) is 18.3 Å². The molecule has 0 aliphatic carbocycles. The minimum atomic E-state index is -4.72. The zero-order valence-corrected chi connectivity index (χ0v) is 17.7. The molecule has 6 nitrogen and oxygen atoms in total. The second-order valence-electron chi connectivity index (χ2n) is 6.74. The standard InChI is InChI=1S/C20H14Cl2F3N5O/c1-3-29-18(27-16-10(2)7-11(21)8-12(16)19(29)31)14-9-15(20(23,24)25)28-30(14)17-13(22)5-4-6-26-17/h4-9H,3H2,1-2H3. The van der Waals surface area contributed by atoms with Crippen LogP contribution >= 0.6 is 23.2 Å². The SMILES string of the molecule is CCn1c(-c2cc(C(F)(F)F)nn2-c2ncccc2Cl)nc2c(C)cc(Cl)cc2c1=O. The van der Waals surface area contributed by atoms with E-state index in [1.165, 1.54) is 22.9 Å². The fourth-order valence-corrected chi connectivity index (χ4v) is 3.79. The number of nitrogens with zero attached hydrogens (tertiary/aromatic N) is 5. The molecule has 0 unspecified atom stereocenters. The van der Waals surface area contributed by atoms with Crippen LogP contribution in [0.25, 0.3) is 28.2 Å². The summed E-state index contributed by atoms with van der Waals surface area (Å²) in [5.74, 6) is -0.00497. The maximum atomic E-state index is 13.5. The van der Waals surface area contributed by atoms with Gasteiger partial charge in [0.15, 0.2) is 17.3 Å². The topological polar surface area (TPSA) is 65.6 Å². The number of aryl methyl sites for hydroxylation is 1.